The van der Waals surface area contributed by atoms with Gasteiger partial charge in [-0.25, -0.2) is 0 Å². The predicted octanol–water partition coefficient (Wildman–Crippen LogP) is 3.63. The molecule has 0 saturated carbocycles. The molecule has 0 radical (unpaired) electrons. The lowest BCUT2D eigenvalue weighted by Gasteiger charge is -2.34. The van der Waals surface area contributed by atoms with Gasteiger partial charge in [0.1, 0.15) is 5.82 Å². The first kappa shape index (κ1) is 19.9. The Kier molecular flexibility index (Phi) is 5.16. The van der Waals surface area contributed by atoms with Gasteiger partial charge in [-0.1, -0.05) is 61.5 Å². The Hall–Kier alpha value is -3.41. The van der Waals surface area contributed by atoms with E-state index in [2.05, 4.69) is 4.98 Å². The minimum absolute atomic E-state index is 0.0198. The first-order valence-corrected chi connectivity index (χ1v) is 10.2. The summed E-state index contributed by atoms with van der Waals surface area (Å²) in [5.41, 5.74) is 2.40. The smallest absolute Gasteiger partial charge is 0.315 e. The number of aromatic hydroxyl groups is 1. The Morgan fingerprint density at radius 2 is 1.60 bits per heavy atom. The first-order valence-electron chi connectivity index (χ1n) is 10.2. The second-order valence-corrected chi connectivity index (χ2v) is 7.89. The Morgan fingerprint density at radius 1 is 0.933 bits per heavy atom. The summed E-state index contributed by atoms with van der Waals surface area (Å²) < 4.78 is 1.71. The van der Waals surface area contributed by atoms with E-state index in [1.165, 1.54) is 0 Å². The number of rotatable bonds is 4. The van der Waals surface area contributed by atoms with Crippen LogP contribution in [0, 0.1) is 0 Å². The van der Waals surface area contributed by atoms with E-state index in [4.69, 9.17) is 0 Å². The maximum atomic E-state index is 13.0. The third-order valence-corrected chi connectivity index (χ3v) is 5.74. The fourth-order valence-corrected chi connectivity index (χ4v) is 4.17. The minimum Gasteiger partial charge on any atom is -0.501 e. The molecule has 0 aliphatic carbocycles. The molecular weight excluding hydrogens is 378 g/mol. The van der Waals surface area contributed by atoms with Gasteiger partial charge in [0.25, 0.3) is 5.91 Å². The van der Waals surface area contributed by atoms with Crippen LogP contribution < -0.4 is 5.56 Å². The lowest BCUT2D eigenvalue weighted by Crippen LogP contribution is -2.46. The van der Waals surface area contributed by atoms with Crippen LogP contribution in [0.4, 0.5) is 0 Å². The molecule has 0 fully saturated rings. The summed E-state index contributed by atoms with van der Waals surface area (Å²) in [7, 11) is 0. The molecule has 30 heavy (non-hydrogen) atoms. The zero-order valence-corrected chi connectivity index (χ0v) is 17.4. The molecule has 1 amide bonds. The summed E-state index contributed by atoms with van der Waals surface area (Å²) in [6.07, 6.45) is 0. The van der Waals surface area contributed by atoms with E-state index in [1.807, 2.05) is 75.4 Å². The van der Waals surface area contributed by atoms with Crippen molar-refractivity contribution in [2.24, 2.45) is 0 Å². The Morgan fingerprint density at radius 3 is 2.30 bits per heavy atom. The molecule has 1 aliphatic heterocycles. The summed E-state index contributed by atoms with van der Waals surface area (Å²) in [4.78, 5) is 31.3. The highest BCUT2D eigenvalue weighted by molar-refractivity contribution is 5.96. The lowest BCUT2D eigenvalue weighted by molar-refractivity contribution is 0.0637. The number of benzene rings is 2. The number of amides is 1. The molecule has 0 spiro atoms. The molecule has 3 aromatic rings. The molecular formula is C24H25N3O3. The zero-order chi connectivity index (χ0) is 21.4. The zero-order valence-electron chi connectivity index (χ0n) is 17.4. The second kappa shape index (κ2) is 7.78. The number of aromatic nitrogens is 2. The van der Waals surface area contributed by atoms with Crippen molar-refractivity contribution < 1.29 is 9.90 Å². The van der Waals surface area contributed by atoms with Crippen LogP contribution in [0.15, 0.2) is 59.4 Å². The molecule has 4 rings (SSSR count). The molecule has 1 N–H and O–H groups in total. The van der Waals surface area contributed by atoms with Gasteiger partial charge in [-0.3, -0.25) is 9.59 Å². The van der Waals surface area contributed by atoms with Crippen molar-refractivity contribution >= 4 is 5.91 Å². The summed E-state index contributed by atoms with van der Waals surface area (Å²) in [6, 6.07) is 18.0. The van der Waals surface area contributed by atoms with E-state index in [0.29, 0.717) is 18.9 Å². The highest BCUT2D eigenvalue weighted by atomic mass is 16.3. The van der Waals surface area contributed by atoms with Crippen LogP contribution in [-0.4, -0.2) is 38.1 Å². The fourth-order valence-electron chi connectivity index (χ4n) is 4.17. The number of nitrogens with zero attached hydrogens (tertiary/aromatic N) is 3. The maximum Gasteiger partial charge on any atom is 0.315 e. The van der Waals surface area contributed by atoms with Crippen molar-refractivity contribution in [2.75, 3.05) is 6.54 Å². The van der Waals surface area contributed by atoms with Crippen molar-refractivity contribution in [3.8, 4) is 16.9 Å². The van der Waals surface area contributed by atoms with Crippen LogP contribution in [0.3, 0.4) is 0 Å². The fraction of sp³-hybridized carbons (Fsp3) is 0.292. The van der Waals surface area contributed by atoms with Crippen LogP contribution in [-0.2, 0) is 6.54 Å². The highest BCUT2D eigenvalue weighted by Gasteiger charge is 2.33. The van der Waals surface area contributed by atoms with Crippen LogP contribution in [0.25, 0.3) is 11.1 Å². The van der Waals surface area contributed by atoms with Crippen molar-refractivity contribution in [1.82, 2.24) is 14.5 Å². The topological polar surface area (TPSA) is 75.4 Å². The van der Waals surface area contributed by atoms with E-state index < -0.39 is 11.3 Å². The van der Waals surface area contributed by atoms with E-state index in [-0.39, 0.29) is 23.6 Å². The number of hydrogen-bond acceptors (Lipinski definition) is 4. The van der Waals surface area contributed by atoms with Gasteiger partial charge in [0.15, 0.2) is 5.69 Å². The van der Waals surface area contributed by atoms with Gasteiger partial charge in [-0.15, -0.1) is 0 Å². The monoisotopic (exact) mass is 403 g/mol. The SMILES string of the molecule is CC(c1ccccc1-c1ccccc1)c1nc(=O)c(O)c2n1CCN(C(C)C)C2=O. The Labute approximate surface area is 175 Å². The predicted molar refractivity (Wildman–Crippen MR) is 116 cm³/mol. The summed E-state index contributed by atoms with van der Waals surface area (Å²) in [6.45, 7) is 6.81. The molecule has 2 heterocycles. The summed E-state index contributed by atoms with van der Waals surface area (Å²) in [5.74, 6) is -0.657. The van der Waals surface area contributed by atoms with Gasteiger partial charge >= 0.3 is 5.56 Å². The van der Waals surface area contributed by atoms with E-state index in [9.17, 15) is 14.7 Å². The Balaban J connectivity index is 1.87. The lowest BCUT2D eigenvalue weighted by atomic mass is 9.90. The molecule has 1 aliphatic rings. The molecule has 6 nitrogen and oxygen atoms in total. The highest BCUT2D eigenvalue weighted by Crippen LogP contribution is 2.34. The molecule has 2 aromatic carbocycles. The van der Waals surface area contributed by atoms with Gasteiger partial charge in [0.05, 0.1) is 0 Å². The maximum absolute atomic E-state index is 13.0. The van der Waals surface area contributed by atoms with E-state index in [0.717, 1.165) is 16.7 Å². The van der Waals surface area contributed by atoms with E-state index in [1.54, 1.807) is 9.47 Å². The average Bonchev–Trinajstić information content (AvgIpc) is 2.76. The molecule has 154 valence electrons. The number of hydrogen-bond donors (Lipinski definition) is 1. The van der Waals surface area contributed by atoms with Crippen LogP contribution in [0.1, 0.15) is 48.6 Å². The molecule has 1 atom stereocenters. The molecule has 0 saturated heterocycles. The first-order chi connectivity index (χ1) is 14.4. The summed E-state index contributed by atoms with van der Waals surface area (Å²) in [5, 5.41) is 10.4. The van der Waals surface area contributed by atoms with Crippen LogP contribution in [0.2, 0.25) is 0 Å². The van der Waals surface area contributed by atoms with Gasteiger partial charge in [0.2, 0.25) is 5.75 Å². The molecule has 1 unspecified atom stereocenters. The standard InChI is InChI=1S/C24H25N3O3/c1-15(2)26-13-14-27-20(24(26)30)21(28)23(29)25-22(27)16(3)18-11-7-8-12-19(18)17-9-5-4-6-10-17/h4-12,15-16,28H,13-14H2,1-3H3. The molecule has 1 aromatic heterocycles. The van der Waals surface area contributed by atoms with Gasteiger partial charge in [-0.05, 0) is 30.5 Å². The number of carbonyl (C=O) groups is 1. The molecule has 6 heteroatoms. The van der Waals surface area contributed by atoms with Crippen LogP contribution in [0.5, 0.6) is 5.75 Å². The normalized spacial score (nSPS) is 14.7. The third kappa shape index (κ3) is 3.28. The number of fused-ring (bicyclic) bond motifs is 1. The number of carbonyl (C=O) groups excluding carboxylic acids is 1. The quantitative estimate of drug-likeness (QED) is 0.722. The largest absolute Gasteiger partial charge is 0.501 e. The van der Waals surface area contributed by atoms with Crippen LogP contribution >= 0.6 is 0 Å². The molecule has 0 bridgehead atoms. The minimum atomic E-state index is -0.765. The van der Waals surface area contributed by atoms with Gasteiger partial charge in [-0.2, -0.15) is 4.98 Å². The Bertz CT molecular complexity index is 1150. The summed E-state index contributed by atoms with van der Waals surface area (Å²) >= 11 is 0. The van der Waals surface area contributed by atoms with Crippen molar-refractivity contribution in [2.45, 2.75) is 39.3 Å². The van der Waals surface area contributed by atoms with Crippen molar-refractivity contribution in [3.05, 3.63) is 82.0 Å². The second-order valence-electron chi connectivity index (χ2n) is 7.89. The average molecular weight is 403 g/mol. The van der Waals surface area contributed by atoms with Gasteiger partial charge in [0, 0.05) is 25.0 Å². The van der Waals surface area contributed by atoms with Crippen molar-refractivity contribution in [3.63, 3.8) is 0 Å². The van der Waals surface area contributed by atoms with Gasteiger partial charge < -0.3 is 14.6 Å². The third-order valence-electron chi connectivity index (χ3n) is 5.74. The van der Waals surface area contributed by atoms with E-state index >= 15 is 0 Å². The van der Waals surface area contributed by atoms with Crippen molar-refractivity contribution in [1.29, 1.82) is 0 Å².